The monoisotopic (exact) mass is 413 g/mol. The Hall–Kier alpha value is -1.80. The van der Waals surface area contributed by atoms with E-state index < -0.39 is 0 Å². The maximum atomic E-state index is 4.60. The molecule has 0 bridgehead atoms. The smallest absolute Gasteiger partial charge is 0.225 e. The van der Waals surface area contributed by atoms with Gasteiger partial charge in [-0.05, 0) is 57.7 Å². The molecule has 8 heteroatoms. The van der Waals surface area contributed by atoms with Gasteiger partial charge in [-0.15, -0.1) is 10.2 Å². The van der Waals surface area contributed by atoms with Crippen molar-refractivity contribution in [3.05, 3.63) is 23.5 Å². The molecule has 0 N–H and O–H groups in total. The summed E-state index contributed by atoms with van der Waals surface area (Å²) in [6, 6.07) is 2.65. The minimum Gasteiger partial charge on any atom is -0.347 e. The van der Waals surface area contributed by atoms with Crippen molar-refractivity contribution >= 4 is 22.4 Å². The van der Waals surface area contributed by atoms with Gasteiger partial charge in [0.1, 0.15) is 5.01 Å². The number of nitrogens with zero attached hydrogens (tertiary/aromatic N) is 7. The number of piperidine rings is 3. The van der Waals surface area contributed by atoms with E-state index in [9.17, 15) is 0 Å². The van der Waals surface area contributed by atoms with E-state index in [0.717, 1.165) is 49.7 Å². The molecule has 3 saturated heterocycles. The van der Waals surface area contributed by atoms with Crippen molar-refractivity contribution < 1.29 is 0 Å². The summed E-state index contributed by atoms with van der Waals surface area (Å²) in [6.45, 7) is 6.80. The van der Waals surface area contributed by atoms with E-state index in [2.05, 4.69) is 34.9 Å². The largest absolute Gasteiger partial charge is 0.347 e. The Morgan fingerprint density at radius 2 is 1.59 bits per heavy atom. The van der Waals surface area contributed by atoms with E-state index in [1.54, 1.807) is 11.3 Å². The van der Waals surface area contributed by atoms with E-state index in [1.807, 2.05) is 18.5 Å². The van der Waals surface area contributed by atoms with Crippen LogP contribution in [0.5, 0.6) is 0 Å². The van der Waals surface area contributed by atoms with Crippen molar-refractivity contribution in [1.82, 2.24) is 25.1 Å². The molecular formula is C21H31N7S. The topological polar surface area (TPSA) is 61.3 Å². The molecule has 3 aliphatic rings. The van der Waals surface area contributed by atoms with Crippen molar-refractivity contribution in [2.45, 2.75) is 56.9 Å². The van der Waals surface area contributed by atoms with Gasteiger partial charge >= 0.3 is 0 Å². The molecule has 3 aliphatic heterocycles. The molecule has 29 heavy (non-hydrogen) atoms. The molecule has 2 aromatic rings. The number of hydrogen-bond donors (Lipinski definition) is 0. The van der Waals surface area contributed by atoms with Gasteiger partial charge in [0, 0.05) is 50.5 Å². The second-order valence-electron chi connectivity index (χ2n) is 8.57. The van der Waals surface area contributed by atoms with E-state index in [0.29, 0.717) is 5.92 Å². The van der Waals surface area contributed by atoms with Gasteiger partial charge < -0.3 is 14.7 Å². The predicted molar refractivity (Wildman–Crippen MR) is 117 cm³/mol. The molecule has 0 saturated carbocycles. The van der Waals surface area contributed by atoms with Crippen LogP contribution >= 0.6 is 11.3 Å². The Morgan fingerprint density at radius 3 is 2.38 bits per heavy atom. The van der Waals surface area contributed by atoms with Gasteiger partial charge in [0.15, 0.2) is 0 Å². The van der Waals surface area contributed by atoms with Gasteiger partial charge in [-0.3, -0.25) is 0 Å². The van der Waals surface area contributed by atoms with Crippen LogP contribution in [-0.2, 0) is 0 Å². The van der Waals surface area contributed by atoms with Crippen LogP contribution in [0.2, 0.25) is 0 Å². The van der Waals surface area contributed by atoms with Crippen molar-refractivity contribution in [1.29, 1.82) is 0 Å². The van der Waals surface area contributed by atoms with Gasteiger partial charge in [0.05, 0.1) is 0 Å². The Morgan fingerprint density at radius 1 is 0.793 bits per heavy atom. The number of rotatable bonds is 4. The van der Waals surface area contributed by atoms with Crippen LogP contribution in [0.25, 0.3) is 0 Å². The van der Waals surface area contributed by atoms with E-state index >= 15 is 0 Å². The minimum atomic E-state index is 0.435. The summed E-state index contributed by atoms with van der Waals surface area (Å²) in [4.78, 5) is 16.3. The molecule has 3 fully saturated rings. The molecule has 5 rings (SSSR count). The maximum Gasteiger partial charge on any atom is 0.225 e. The highest BCUT2D eigenvalue weighted by Gasteiger charge is 2.29. The molecule has 5 heterocycles. The fourth-order valence-electron chi connectivity index (χ4n) is 5.04. The second-order valence-corrected chi connectivity index (χ2v) is 9.56. The predicted octanol–water partition coefficient (Wildman–Crippen LogP) is 3.17. The van der Waals surface area contributed by atoms with E-state index in [1.165, 1.54) is 56.6 Å². The quantitative estimate of drug-likeness (QED) is 0.763. The standard InChI is InChI=1S/C21H31N7S/c1-2-11-26(12-3-1)18-7-14-27(15-8-18)21-25-24-19(29-21)17-6-4-13-28(16-17)20-22-9-5-10-23-20/h5,9-10,17-18H,1-4,6-8,11-16H2/t17-/m0/s1. The molecule has 0 spiro atoms. The van der Waals surface area contributed by atoms with Crippen LogP contribution in [0.4, 0.5) is 11.1 Å². The lowest BCUT2D eigenvalue weighted by atomic mass is 9.99. The van der Waals surface area contributed by atoms with Gasteiger partial charge in [0.25, 0.3) is 0 Å². The molecule has 156 valence electrons. The Balaban J connectivity index is 1.19. The normalized spacial score (nSPS) is 24.8. The van der Waals surface area contributed by atoms with E-state index in [-0.39, 0.29) is 0 Å². The minimum absolute atomic E-state index is 0.435. The summed E-state index contributed by atoms with van der Waals surface area (Å²) in [5, 5.41) is 11.5. The number of likely N-dealkylation sites (tertiary alicyclic amines) is 1. The van der Waals surface area contributed by atoms with Gasteiger partial charge in [-0.1, -0.05) is 17.8 Å². The van der Waals surface area contributed by atoms with Crippen LogP contribution in [0, 0.1) is 0 Å². The van der Waals surface area contributed by atoms with Crippen molar-refractivity contribution in [3.8, 4) is 0 Å². The number of anilines is 2. The highest BCUT2D eigenvalue weighted by molar-refractivity contribution is 7.15. The first-order valence-electron chi connectivity index (χ1n) is 11.2. The third-order valence-electron chi connectivity index (χ3n) is 6.68. The Kier molecular flexibility index (Phi) is 5.90. The van der Waals surface area contributed by atoms with Crippen molar-refractivity contribution in [2.75, 3.05) is 49.1 Å². The first kappa shape index (κ1) is 19.2. The zero-order chi connectivity index (χ0) is 19.5. The summed E-state index contributed by atoms with van der Waals surface area (Å²) >= 11 is 1.80. The van der Waals surface area contributed by atoms with Crippen LogP contribution in [0.1, 0.15) is 55.9 Å². The van der Waals surface area contributed by atoms with Crippen molar-refractivity contribution in [3.63, 3.8) is 0 Å². The molecule has 0 unspecified atom stereocenters. The number of hydrogen-bond acceptors (Lipinski definition) is 8. The summed E-state index contributed by atoms with van der Waals surface area (Å²) in [7, 11) is 0. The number of aromatic nitrogens is 4. The molecule has 7 nitrogen and oxygen atoms in total. The summed E-state index contributed by atoms with van der Waals surface area (Å²) in [5.41, 5.74) is 0. The molecular weight excluding hydrogens is 382 g/mol. The first-order valence-corrected chi connectivity index (χ1v) is 12.0. The Bertz CT molecular complexity index is 768. The highest BCUT2D eigenvalue weighted by Crippen LogP contribution is 2.34. The molecule has 0 radical (unpaired) electrons. The average Bonchev–Trinajstić information content (AvgIpc) is 3.31. The van der Waals surface area contributed by atoms with Crippen LogP contribution < -0.4 is 9.80 Å². The Labute approximate surface area is 177 Å². The summed E-state index contributed by atoms with van der Waals surface area (Å²) < 4.78 is 0. The lowest BCUT2D eigenvalue weighted by molar-refractivity contribution is 0.141. The summed E-state index contributed by atoms with van der Waals surface area (Å²) in [6.07, 6.45) is 12.7. The lowest BCUT2D eigenvalue weighted by Crippen LogP contribution is -2.46. The zero-order valence-corrected chi connectivity index (χ0v) is 17.9. The maximum absolute atomic E-state index is 4.60. The average molecular weight is 414 g/mol. The lowest BCUT2D eigenvalue weighted by Gasteiger charge is -2.40. The zero-order valence-electron chi connectivity index (χ0n) is 17.1. The second kappa shape index (κ2) is 8.92. The van der Waals surface area contributed by atoms with Gasteiger partial charge in [-0.2, -0.15) is 0 Å². The van der Waals surface area contributed by atoms with Gasteiger partial charge in [-0.25, -0.2) is 9.97 Å². The summed E-state index contributed by atoms with van der Waals surface area (Å²) in [5.74, 6) is 1.27. The molecule has 2 aromatic heterocycles. The fraction of sp³-hybridized carbons (Fsp3) is 0.714. The molecule has 0 aromatic carbocycles. The van der Waals surface area contributed by atoms with Crippen molar-refractivity contribution in [2.24, 2.45) is 0 Å². The molecule has 0 aliphatic carbocycles. The van der Waals surface area contributed by atoms with Crippen LogP contribution in [-0.4, -0.2) is 70.4 Å². The molecule has 1 atom stereocenters. The SMILES string of the molecule is c1cnc(N2CCC[C@H](c3nnc(N4CCC(N5CCCCC5)CC4)s3)C2)nc1. The fourth-order valence-corrected chi connectivity index (χ4v) is 6.06. The third kappa shape index (κ3) is 4.38. The molecule has 0 amide bonds. The van der Waals surface area contributed by atoms with Crippen LogP contribution in [0.15, 0.2) is 18.5 Å². The third-order valence-corrected chi connectivity index (χ3v) is 7.82. The van der Waals surface area contributed by atoms with Crippen LogP contribution in [0.3, 0.4) is 0 Å². The first-order chi connectivity index (χ1) is 14.4. The highest BCUT2D eigenvalue weighted by atomic mass is 32.1. The van der Waals surface area contributed by atoms with Gasteiger partial charge in [0.2, 0.25) is 11.1 Å². The van der Waals surface area contributed by atoms with E-state index in [4.69, 9.17) is 0 Å².